The maximum absolute atomic E-state index is 4.46. The molecule has 1 aromatic rings. The third-order valence-corrected chi connectivity index (χ3v) is 3.23. The van der Waals surface area contributed by atoms with E-state index in [1.807, 2.05) is 11.7 Å². The zero-order valence-corrected chi connectivity index (χ0v) is 12.0. The highest BCUT2D eigenvalue weighted by Gasteiger charge is 2.15. The van der Waals surface area contributed by atoms with Crippen LogP contribution in [-0.4, -0.2) is 41.9 Å². The minimum absolute atomic E-state index is 0.380. The van der Waals surface area contributed by atoms with E-state index in [-0.39, 0.29) is 0 Å². The lowest BCUT2D eigenvalue weighted by Crippen LogP contribution is -2.24. The number of nitrogens with one attached hydrogen (secondary N) is 1. The van der Waals surface area contributed by atoms with Crippen LogP contribution in [0.3, 0.4) is 0 Å². The van der Waals surface area contributed by atoms with Crippen molar-refractivity contribution in [2.75, 3.05) is 27.2 Å². The third kappa shape index (κ3) is 3.82. The Kier molecular flexibility index (Phi) is 5.15. The Balaban J connectivity index is 2.49. The quantitative estimate of drug-likeness (QED) is 0.765. The monoisotopic (exact) mass is 238 g/mol. The second-order valence-corrected chi connectivity index (χ2v) is 5.04. The zero-order chi connectivity index (χ0) is 13.0. The van der Waals surface area contributed by atoms with Crippen LogP contribution < -0.4 is 5.32 Å². The lowest BCUT2D eigenvalue weighted by molar-refractivity contribution is 0.389. The molecule has 0 fully saturated rings. The van der Waals surface area contributed by atoms with Gasteiger partial charge in [0, 0.05) is 24.3 Å². The van der Waals surface area contributed by atoms with Crippen LogP contribution in [0.25, 0.3) is 0 Å². The molecule has 0 aliphatic heterocycles. The van der Waals surface area contributed by atoms with E-state index in [0.29, 0.717) is 6.04 Å². The van der Waals surface area contributed by atoms with Crippen molar-refractivity contribution in [3.63, 3.8) is 0 Å². The molecule has 0 spiro atoms. The molecule has 0 amide bonds. The third-order valence-electron chi connectivity index (χ3n) is 3.23. The standard InChI is InChI=1S/C13H26N4/c1-10(14-8-7-9-16(4)5)13-11(2)15-17(6)12(13)3/h10,14H,7-9H2,1-6H3. The Morgan fingerprint density at radius 1 is 1.35 bits per heavy atom. The first kappa shape index (κ1) is 14.2. The van der Waals surface area contributed by atoms with Crippen molar-refractivity contribution in [1.82, 2.24) is 20.0 Å². The molecular weight excluding hydrogens is 212 g/mol. The summed E-state index contributed by atoms with van der Waals surface area (Å²) < 4.78 is 1.96. The van der Waals surface area contributed by atoms with Crippen LogP contribution in [-0.2, 0) is 7.05 Å². The molecule has 1 heterocycles. The largest absolute Gasteiger partial charge is 0.310 e. The Morgan fingerprint density at radius 2 is 2.00 bits per heavy atom. The van der Waals surface area contributed by atoms with Crippen LogP contribution in [0.15, 0.2) is 0 Å². The molecule has 0 saturated heterocycles. The average molecular weight is 238 g/mol. The van der Waals surface area contributed by atoms with Gasteiger partial charge in [-0.2, -0.15) is 5.10 Å². The lowest BCUT2D eigenvalue weighted by Gasteiger charge is -2.16. The summed E-state index contributed by atoms with van der Waals surface area (Å²) in [6, 6.07) is 0.380. The van der Waals surface area contributed by atoms with E-state index in [4.69, 9.17) is 0 Å². The van der Waals surface area contributed by atoms with Crippen molar-refractivity contribution in [1.29, 1.82) is 0 Å². The Labute approximate surface area is 105 Å². The van der Waals surface area contributed by atoms with Gasteiger partial charge in [-0.15, -0.1) is 0 Å². The molecule has 0 aliphatic carbocycles. The molecule has 1 N–H and O–H groups in total. The van der Waals surface area contributed by atoms with Gasteiger partial charge in [0.1, 0.15) is 0 Å². The first-order valence-electron chi connectivity index (χ1n) is 6.31. The minimum Gasteiger partial charge on any atom is -0.310 e. The molecule has 0 radical (unpaired) electrons. The number of aromatic nitrogens is 2. The fraction of sp³-hybridized carbons (Fsp3) is 0.769. The number of rotatable bonds is 6. The molecule has 17 heavy (non-hydrogen) atoms. The molecule has 4 nitrogen and oxygen atoms in total. The maximum atomic E-state index is 4.46. The predicted octanol–water partition coefficient (Wildman–Crippen LogP) is 1.64. The van der Waals surface area contributed by atoms with Gasteiger partial charge in [-0.1, -0.05) is 0 Å². The smallest absolute Gasteiger partial charge is 0.0644 e. The topological polar surface area (TPSA) is 33.1 Å². The highest BCUT2D eigenvalue weighted by molar-refractivity contribution is 5.27. The van der Waals surface area contributed by atoms with Gasteiger partial charge < -0.3 is 10.2 Å². The highest BCUT2D eigenvalue weighted by atomic mass is 15.3. The van der Waals surface area contributed by atoms with E-state index in [9.17, 15) is 0 Å². The summed E-state index contributed by atoms with van der Waals surface area (Å²) in [7, 11) is 6.22. The summed E-state index contributed by atoms with van der Waals surface area (Å²) in [5, 5.41) is 8.03. The van der Waals surface area contributed by atoms with Gasteiger partial charge in [0.25, 0.3) is 0 Å². The first-order valence-corrected chi connectivity index (χ1v) is 6.31. The van der Waals surface area contributed by atoms with Crippen molar-refractivity contribution >= 4 is 0 Å². The van der Waals surface area contributed by atoms with Crippen molar-refractivity contribution in [3.8, 4) is 0 Å². The molecule has 98 valence electrons. The predicted molar refractivity (Wildman–Crippen MR) is 72.3 cm³/mol. The van der Waals surface area contributed by atoms with Crippen LogP contribution in [0.1, 0.15) is 36.3 Å². The molecule has 0 aliphatic rings. The SMILES string of the molecule is Cc1nn(C)c(C)c1C(C)NCCCN(C)C. The van der Waals surface area contributed by atoms with Crippen LogP contribution in [0.4, 0.5) is 0 Å². The van der Waals surface area contributed by atoms with Gasteiger partial charge in [0.05, 0.1) is 5.69 Å². The van der Waals surface area contributed by atoms with Gasteiger partial charge in [-0.3, -0.25) is 4.68 Å². The zero-order valence-electron chi connectivity index (χ0n) is 12.0. The summed E-state index contributed by atoms with van der Waals surface area (Å²) >= 11 is 0. The van der Waals surface area contributed by atoms with Crippen LogP contribution in [0, 0.1) is 13.8 Å². The van der Waals surface area contributed by atoms with Gasteiger partial charge >= 0.3 is 0 Å². The Hall–Kier alpha value is -0.870. The molecule has 0 saturated carbocycles. The lowest BCUT2D eigenvalue weighted by atomic mass is 10.1. The fourth-order valence-corrected chi connectivity index (χ4v) is 2.23. The normalized spacial score (nSPS) is 13.4. The van der Waals surface area contributed by atoms with E-state index in [1.165, 1.54) is 17.7 Å². The summed E-state index contributed by atoms with van der Waals surface area (Å²) in [4.78, 5) is 2.22. The van der Waals surface area contributed by atoms with Gasteiger partial charge in [-0.25, -0.2) is 0 Å². The number of hydrogen-bond donors (Lipinski definition) is 1. The molecule has 1 aromatic heterocycles. The first-order chi connectivity index (χ1) is 7.93. The molecule has 0 aromatic carbocycles. The van der Waals surface area contributed by atoms with Crippen molar-refractivity contribution in [2.24, 2.45) is 7.05 Å². The molecule has 1 atom stereocenters. The van der Waals surface area contributed by atoms with Crippen molar-refractivity contribution < 1.29 is 0 Å². The van der Waals surface area contributed by atoms with Crippen molar-refractivity contribution in [2.45, 2.75) is 33.2 Å². The molecule has 0 bridgehead atoms. The van der Waals surface area contributed by atoms with Crippen LogP contribution in [0.5, 0.6) is 0 Å². The molecule has 1 rings (SSSR count). The molecular formula is C13H26N4. The fourth-order valence-electron chi connectivity index (χ4n) is 2.23. The highest BCUT2D eigenvalue weighted by Crippen LogP contribution is 2.20. The van der Waals surface area contributed by atoms with Gasteiger partial charge in [0.2, 0.25) is 0 Å². The van der Waals surface area contributed by atoms with E-state index in [1.54, 1.807) is 0 Å². The van der Waals surface area contributed by atoms with Gasteiger partial charge in [0.15, 0.2) is 0 Å². The van der Waals surface area contributed by atoms with Crippen LogP contribution in [0.2, 0.25) is 0 Å². The summed E-state index contributed by atoms with van der Waals surface area (Å²) in [5.41, 5.74) is 3.74. The number of aryl methyl sites for hydroxylation is 2. The van der Waals surface area contributed by atoms with E-state index in [0.717, 1.165) is 18.8 Å². The van der Waals surface area contributed by atoms with Crippen LogP contribution >= 0.6 is 0 Å². The van der Waals surface area contributed by atoms with Gasteiger partial charge in [-0.05, 0) is 54.4 Å². The number of nitrogens with zero attached hydrogens (tertiary/aromatic N) is 3. The molecule has 1 unspecified atom stereocenters. The minimum atomic E-state index is 0.380. The second kappa shape index (κ2) is 6.17. The summed E-state index contributed by atoms with van der Waals surface area (Å²) in [6.07, 6.45) is 1.18. The summed E-state index contributed by atoms with van der Waals surface area (Å²) in [5.74, 6) is 0. The average Bonchev–Trinajstić information content (AvgIpc) is 2.48. The molecule has 4 heteroatoms. The van der Waals surface area contributed by atoms with E-state index >= 15 is 0 Å². The Morgan fingerprint density at radius 3 is 2.47 bits per heavy atom. The number of hydrogen-bond acceptors (Lipinski definition) is 3. The summed E-state index contributed by atoms with van der Waals surface area (Å²) in [6.45, 7) is 8.61. The second-order valence-electron chi connectivity index (χ2n) is 5.04. The van der Waals surface area contributed by atoms with Crippen molar-refractivity contribution in [3.05, 3.63) is 17.0 Å². The van der Waals surface area contributed by atoms with E-state index < -0.39 is 0 Å². The van der Waals surface area contributed by atoms with E-state index in [2.05, 4.69) is 50.2 Å². The Bertz CT molecular complexity index is 355. The maximum Gasteiger partial charge on any atom is 0.0644 e.